The lowest BCUT2D eigenvalue weighted by Crippen LogP contribution is -1.92. The van der Waals surface area contributed by atoms with Crippen molar-refractivity contribution in [1.29, 1.82) is 0 Å². The van der Waals surface area contributed by atoms with Crippen molar-refractivity contribution in [2.45, 2.75) is 4.90 Å². The van der Waals surface area contributed by atoms with Crippen LogP contribution in [0.25, 0.3) is 6.08 Å². The highest BCUT2D eigenvalue weighted by Gasteiger charge is 2.13. The van der Waals surface area contributed by atoms with Gasteiger partial charge >= 0.3 is 0 Å². The zero-order valence-corrected chi connectivity index (χ0v) is 8.25. The highest BCUT2D eigenvalue weighted by molar-refractivity contribution is 8.14. The lowest BCUT2D eigenvalue weighted by atomic mass is 10.2. The molecule has 1 aliphatic rings. The Morgan fingerprint density at radius 2 is 2.23 bits per heavy atom. The van der Waals surface area contributed by atoms with Crippen LogP contribution in [0.1, 0.15) is 5.56 Å². The standard InChI is InChI=1S/C10H11O2S/c1-11-8-12-13-7-6-9-4-2-3-5-10(9)13/h2-6,13H,8H2,1H3. The molecule has 0 amide bonds. The van der Waals surface area contributed by atoms with Crippen LogP contribution in [-0.2, 0) is 8.92 Å². The Balaban J connectivity index is 2.14. The number of rotatable bonds is 3. The molecule has 1 aliphatic heterocycles. The van der Waals surface area contributed by atoms with Crippen LogP contribution < -0.4 is 0 Å². The van der Waals surface area contributed by atoms with Gasteiger partial charge < -0.3 is 8.92 Å². The smallest absolute Gasteiger partial charge is 0.158 e. The molecule has 0 bridgehead atoms. The number of benzene rings is 1. The monoisotopic (exact) mass is 195 g/mol. The maximum absolute atomic E-state index is 5.48. The molecule has 0 N–H and O–H groups in total. The first-order valence-corrected chi connectivity index (χ1v) is 5.28. The number of thiol groups is 1. The van der Waals surface area contributed by atoms with E-state index in [2.05, 4.69) is 17.5 Å². The minimum atomic E-state index is -0.697. The molecule has 0 fully saturated rings. The van der Waals surface area contributed by atoms with Gasteiger partial charge in [-0.15, -0.1) is 0 Å². The zero-order chi connectivity index (χ0) is 9.10. The topological polar surface area (TPSA) is 18.5 Å². The molecule has 1 unspecified atom stereocenters. The van der Waals surface area contributed by atoms with Crippen molar-refractivity contribution < 1.29 is 8.92 Å². The molecular formula is C10H11O2S. The lowest BCUT2D eigenvalue weighted by Gasteiger charge is -2.14. The summed E-state index contributed by atoms with van der Waals surface area (Å²) in [7, 11) is 1.63. The van der Waals surface area contributed by atoms with Crippen LogP contribution in [0.3, 0.4) is 0 Å². The summed E-state index contributed by atoms with van der Waals surface area (Å²) in [6.07, 6.45) is 1.98. The second-order valence-electron chi connectivity index (χ2n) is 2.66. The molecule has 13 heavy (non-hydrogen) atoms. The van der Waals surface area contributed by atoms with Gasteiger partial charge in [0.15, 0.2) is 6.79 Å². The lowest BCUT2D eigenvalue weighted by molar-refractivity contribution is 0.0653. The van der Waals surface area contributed by atoms with E-state index >= 15 is 0 Å². The van der Waals surface area contributed by atoms with Crippen LogP contribution in [0.2, 0.25) is 0 Å². The van der Waals surface area contributed by atoms with Gasteiger partial charge in [0.05, 0.1) is 0 Å². The Kier molecular flexibility index (Phi) is 2.68. The van der Waals surface area contributed by atoms with Gasteiger partial charge in [-0.25, -0.2) is 0 Å². The van der Waals surface area contributed by atoms with E-state index in [4.69, 9.17) is 8.92 Å². The SMILES string of the molecule is COCO[SH]1[C]=Cc2ccccc21. The number of ether oxygens (including phenoxy) is 1. The van der Waals surface area contributed by atoms with E-state index in [1.165, 1.54) is 10.5 Å². The molecule has 0 aliphatic carbocycles. The van der Waals surface area contributed by atoms with Crippen LogP contribution in [0.5, 0.6) is 0 Å². The molecule has 1 aromatic carbocycles. The number of methoxy groups -OCH3 is 1. The minimum absolute atomic E-state index is 0.334. The first-order valence-electron chi connectivity index (χ1n) is 4.02. The van der Waals surface area contributed by atoms with Crippen LogP contribution >= 0.6 is 11.2 Å². The van der Waals surface area contributed by atoms with E-state index in [1.54, 1.807) is 7.11 Å². The van der Waals surface area contributed by atoms with Gasteiger partial charge in [0.2, 0.25) is 0 Å². The first kappa shape index (κ1) is 8.81. The van der Waals surface area contributed by atoms with Gasteiger partial charge in [-0.05, 0) is 17.7 Å². The van der Waals surface area contributed by atoms with Crippen molar-refractivity contribution in [1.82, 2.24) is 0 Å². The van der Waals surface area contributed by atoms with Crippen molar-refractivity contribution in [2.75, 3.05) is 13.9 Å². The summed E-state index contributed by atoms with van der Waals surface area (Å²) < 4.78 is 10.3. The molecule has 69 valence electrons. The van der Waals surface area contributed by atoms with Crippen LogP contribution in [0.15, 0.2) is 29.2 Å². The van der Waals surface area contributed by atoms with E-state index in [1.807, 2.05) is 18.2 Å². The summed E-state index contributed by atoms with van der Waals surface area (Å²) in [4.78, 5) is 1.23. The Morgan fingerprint density at radius 1 is 1.38 bits per heavy atom. The van der Waals surface area contributed by atoms with Crippen molar-refractivity contribution in [3.05, 3.63) is 35.2 Å². The maximum Gasteiger partial charge on any atom is 0.158 e. The molecule has 2 rings (SSSR count). The summed E-state index contributed by atoms with van der Waals surface area (Å²) in [6.45, 7) is 0.334. The number of hydrogen-bond donors (Lipinski definition) is 1. The Hall–Kier alpha value is -0.770. The summed E-state index contributed by atoms with van der Waals surface area (Å²) >= 11 is -0.697. The molecule has 1 atom stereocenters. The van der Waals surface area contributed by atoms with Gasteiger partial charge in [-0.2, -0.15) is 0 Å². The third-order valence-corrected chi connectivity index (χ3v) is 3.36. The van der Waals surface area contributed by atoms with E-state index in [9.17, 15) is 0 Å². The summed E-state index contributed by atoms with van der Waals surface area (Å²) in [5, 5.41) is 3.19. The fourth-order valence-electron chi connectivity index (χ4n) is 1.20. The molecule has 0 aromatic heterocycles. The van der Waals surface area contributed by atoms with Crippen molar-refractivity contribution in [3.8, 4) is 0 Å². The minimum Gasteiger partial charge on any atom is -0.358 e. The van der Waals surface area contributed by atoms with E-state index < -0.39 is 11.2 Å². The molecule has 1 radical (unpaired) electrons. The predicted molar refractivity (Wildman–Crippen MR) is 54.4 cm³/mol. The van der Waals surface area contributed by atoms with Crippen LogP contribution in [0, 0.1) is 5.41 Å². The van der Waals surface area contributed by atoms with Gasteiger partial charge in [-0.3, -0.25) is 0 Å². The van der Waals surface area contributed by atoms with Gasteiger partial charge in [0, 0.05) is 17.4 Å². The van der Waals surface area contributed by atoms with Crippen LogP contribution in [-0.4, -0.2) is 13.9 Å². The van der Waals surface area contributed by atoms with Crippen molar-refractivity contribution >= 4 is 17.3 Å². The summed E-state index contributed by atoms with van der Waals surface area (Å²) in [6, 6.07) is 8.19. The first-order chi connectivity index (χ1) is 6.42. The average Bonchev–Trinajstić information content (AvgIpc) is 2.58. The summed E-state index contributed by atoms with van der Waals surface area (Å²) in [5.41, 5.74) is 1.21. The second kappa shape index (κ2) is 3.96. The van der Waals surface area contributed by atoms with Crippen molar-refractivity contribution in [2.24, 2.45) is 0 Å². The third kappa shape index (κ3) is 1.77. The van der Waals surface area contributed by atoms with E-state index in [-0.39, 0.29) is 0 Å². The molecule has 0 saturated heterocycles. The molecule has 2 nitrogen and oxygen atoms in total. The Morgan fingerprint density at radius 3 is 3.08 bits per heavy atom. The fraction of sp³-hybridized carbons (Fsp3) is 0.200. The molecular weight excluding hydrogens is 184 g/mol. The number of hydrogen-bond acceptors (Lipinski definition) is 2. The maximum atomic E-state index is 5.48. The molecule has 3 heteroatoms. The molecule has 0 saturated carbocycles. The van der Waals surface area contributed by atoms with Gasteiger partial charge in [0.25, 0.3) is 0 Å². The van der Waals surface area contributed by atoms with Crippen LogP contribution in [0.4, 0.5) is 0 Å². The quantitative estimate of drug-likeness (QED) is 0.589. The average molecular weight is 195 g/mol. The molecule has 1 aromatic rings. The number of fused-ring (bicyclic) bond motifs is 1. The Labute approximate surface area is 80.7 Å². The fourth-order valence-corrected chi connectivity index (χ4v) is 2.62. The Bertz CT molecular complexity index is 322. The zero-order valence-electron chi connectivity index (χ0n) is 7.36. The highest BCUT2D eigenvalue weighted by atomic mass is 32.2. The summed E-state index contributed by atoms with van der Waals surface area (Å²) in [5.74, 6) is 0. The largest absolute Gasteiger partial charge is 0.358 e. The normalized spacial score (nSPS) is 21.8. The highest BCUT2D eigenvalue weighted by Crippen LogP contribution is 2.45. The predicted octanol–water partition coefficient (Wildman–Crippen LogP) is 2.37. The van der Waals surface area contributed by atoms with E-state index in [0.29, 0.717) is 6.79 Å². The second-order valence-corrected chi connectivity index (χ2v) is 4.25. The molecule has 0 spiro atoms. The van der Waals surface area contributed by atoms with Gasteiger partial charge in [0.1, 0.15) is 0 Å². The third-order valence-electron chi connectivity index (χ3n) is 1.79. The molecule has 1 heterocycles. The van der Waals surface area contributed by atoms with Crippen molar-refractivity contribution in [3.63, 3.8) is 0 Å². The van der Waals surface area contributed by atoms with E-state index in [0.717, 1.165) is 0 Å². The van der Waals surface area contributed by atoms with Gasteiger partial charge in [-0.1, -0.05) is 29.4 Å².